The van der Waals surface area contributed by atoms with Crippen molar-refractivity contribution in [2.75, 3.05) is 6.54 Å². The maximum absolute atomic E-state index is 13.0. The summed E-state index contributed by atoms with van der Waals surface area (Å²) in [4.78, 5) is 16.4. The molecule has 0 saturated carbocycles. The molecule has 1 saturated heterocycles. The molecule has 2 aromatic heterocycles. The largest absolute Gasteiger partial charge is 0.336 e. The van der Waals surface area contributed by atoms with Gasteiger partial charge in [0.15, 0.2) is 0 Å². The SMILES string of the molecule is O=C(c1ccc2nonc2c1)N1CCCC[C@H]1CCc1cccs1. The van der Waals surface area contributed by atoms with Crippen LogP contribution >= 0.6 is 11.3 Å². The van der Waals surface area contributed by atoms with Gasteiger partial charge in [-0.2, -0.15) is 0 Å². The summed E-state index contributed by atoms with van der Waals surface area (Å²) in [6.07, 6.45) is 5.43. The number of carbonyl (C=O) groups excluding carboxylic acids is 1. The number of amides is 1. The number of thiophene rings is 1. The molecule has 24 heavy (non-hydrogen) atoms. The average molecular weight is 341 g/mol. The second-order valence-electron chi connectivity index (χ2n) is 6.23. The topological polar surface area (TPSA) is 59.2 Å². The van der Waals surface area contributed by atoms with Crippen LogP contribution in [0.1, 0.15) is 40.9 Å². The first-order valence-electron chi connectivity index (χ1n) is 8.37. The molecule has 1 aliphatic heterocycles. The highest BCUT2D eigenvalue weighted by Crippen LogP contribution is 2.25. The third-order valence-electron chi connectivity index (χ3n) is 4.69. The highest BCUT2D eigenvalue weighted by atomic mass is 32.1. The first kappa shape index (κ1) is 15.3. The summed E-state index contributed by atoms with van der Waals surface area (Å²) in [6, 6.07) is 9.97. The van der Waals surface area contributed by atoms with E-state index in [1.807, 2.05) is 11.0 Å². The van der Waals surface area contributed by atoms with Crippen molar-refractivity contribution in [1.29, 1.82) is 0 Å². The van der Waals surface area contributed by atoms with Crippen LogP contribution in [-0.2, 0) is 6.42 Å². The van der Waals surface area contributed by atoms with E-state index in [1.165, 1.54) is 11.3 Å². The molecule has 0 N–H and O–H groups in total. The quantitative estimate of drug-likeness (QED) is 0.722. The molecule has 5 nitrogen and oxygen atoms in total. The van der Waals surface area contributed by atoms with Gasteiger partial charge in [-0.15, -0.1) is 11.3 Å². The number of hydrogen-bond donors (Lipinski definition) is 0. The first-order chi connectivity index (χ1) is 11.8. The van der Waals surface area contributed by atoms with Crippen LogP contribution in [-0.4, -0.2) is 33.7 Å². The number of likely N-dealkylation sites (tertiary alicyclic amines) is 1. The van der Waals surface area contributed by atoms with Gasteiger partial charge in [0.1, 0.15) is 11.0 Å². The van der Waals surface area contributed by atoms with Crippen LogP contribution in [0.4, 0.5) is 0 Å². The maximum Gasteiger partial charge on any atom is 0.254 e. The zero-order valence-electron chi connectivity index (χ0n) is 13.4. The summed E-state index contributed by atoms with van der Waals surface area (Å²) < 4.78 is 4.72. The number of aryl methyl sites for hydroxylation is 1. The molecule has 124 valence electrons. The van der Waals surface area contributed by atoms with Crippen LogP contribution in [0.25, 0.3) is 11.0 Å². The van der Waals surface area contributed by atoms with Crippen molar-refractivity contribution < 1.29 is 9.42 Å². The minimum absolute atomic E-state index is 0.0933. The van der Waals surface area contributed by atoms with Gasteiger partial charge >= 0.3 is 0 Å². The van der Waals surface area contributed by atoms with Crippen LogP contribution in [0.15, 0.2) is 40.3 Å². The molecule has 1 amide bonds. The van der Waals surface area contributed by atoms with E-state index in [-0.39, 0.29) is 5.91 Å². The molecule has 0 aliphatic carbocycles. The molecule has 0 spiro atoms. The molecular weight excluding hydrogens is 322 g/mol. The third kappa shape index (κ3) is 3.06. The predicted molar refractivity (Wildman–Crippen MR) is 93.1 cm³/mol. The molecule has 1 aromatic carbocycles. The molecule has 0 bridgehead atoms. The second-order valence-corrected chi connectivity index (χ2v) is 7.27. The Kier molecular flexibility index (Phi) is 4.30. The summed E-state index contributed by atoms with van der Waals surface area (Å²) in [7, 11) is 0. The Bertz CT molecular complexity index is 828. The lowest BCUT2D eigenvalue weighted by Gasteiger charge is -2.36. The molecule has 0 radical (unpaired) electrons. The van der Waals surface area contributed by atoms with E-state index in [2.05, 4.69) is 27.8 Å². The number of fused-ring (bicyclic) bond motifs is 1. The number of piperidine rings is 1. The number of hydrogen-bond acceptors (Lipinski definition) is 5. The Labute approximate surface area is 144 Å². The Morgan fingerprint density at radius 3 is 3.04 bits per heavy atom. The summed E-state index contributed by atoms with van der Waals surface area (Å²) in [5.41, 5.74) is 1.98. The molecule has 4 rings (SSSR count). The van der Waals surface area contributed by atoms with Gasteiger partial charge in [-0.1, -0.05) is 6.07 Å². The Morgan fingerprint density at radius 1 is 1.25 bits per heavy atom. The summed E-state index contributed by atoms with van der Waals surface area (Å²) in [6.45, 7) is 0.836. The van der Waals surface area contributed by atoms with Gasteiger partial charge in [-0.05, 0) is 72.1 Å². The Hall–Kier alpha value is -2.21. The maximum atomic E-state index is 13.0. The van der Waals surface area contributed by atoms with Crippen molar-refractivity contribution in [1.82, 2.24) is 15.2 Å². The van der Waals surface area contributed by atoms with Crippen molar-refractivity contribution >= 4 is 28.3 Å². The van der Waals surface area contributed by atoms with E-state index in [9.17, 15) is 4.79 Å². The number of nitrogens with zero attached hydrogens (tertiary/aromatic N) is 3. The van der Waals surface area contributed by atoms with Crippen LogP contribution in [0.5, 0.6) is 0 Å². The third-order valence-corrected chi connectivity index (χ3v) is 5.63. The lowest BCUT2D eigenvalue weighted by atomic mass is 9.96. The van der Waals surface area contributed by atoms with Crippen LogP contribution in [0.3, 0.4) is 0 Å². The minimum atomic E-state index is 0.0933. The monoisotopic (exact) mass is 341 g/mol. The summed E-state index contributed by atoms with van der Waals surface area (Å²) >= 11 is 1.79. The molecular formula is C18H19N3O2S. The number of benzene rings is 1. The summed E-state index contributed by atoms with van der Waals surface area (Å²) in [5, 5.41) is 9.75. The highest BCUT2D eigenvalue weighted by Gasteiger charge is 2.27. The Balaban J connectivity index is 1.51. The van der Waals surface area contributed by atoms with Gasteiger partial charge in [0, 0.05) is 23.0 Å². The molecule has 1 atom stereocenters. The lowest BCUT2D eigenvalue weighted by Crippen LogP contribution is -2.44. The smallest absolute Gasteiger partial charge is 0.254 e. The van der Waals surface area contributed by atoms with Crippen LogP contribution in [0.2, 0.25) is 0 Å². The van der Waals surface area contributed by atoms with Crippen molar-refractivity contribution in [3.05, 3.63) is 46.2 Å². The zero-order valence-corrected chi connectivity index (χ0v) is 14.2. The number of rotatable bonds is 4. The van der Waals surface area contributed by atoms with Gasteiger partial charge in [-0.25, -0.2) is 4.63 Å². The molecule has 1 aliphatic rings. The van der Waals surface area contributed by atoms with E-state index in [1.54, 1.807) is 23.5 Å². The van der Waals surface area contributed by atoms with Gasteiger partial charge in [0.05, 0.1) is 0 Å². The lowest BCUT2D eigenvalue weighted by molar-refractivity contribution is 0.0602. The van der Waals surface area contributed by atoms with Crippen molar-refractivity contribution in [2.24, 2.45) is 0 Å². The normalized spacial score (nSPS) is 18.2. The van der Waals surface area contributed by atoms with E-state index in [0.717, 1.165) is 32.2 Å². The zero-order chi connectivity index (χ0) is 16.4. The van der Waals surface area contributed by atoms with Gasteiger partial charge in [0.2, 0.25) is 0 Å². The number of carbonyl (C=O) groups is 1. The van der Waals surface area contributed by atoms with Gasteiger partial charge in [-0.3, -0.25) is 4.79 Å². The van der Waals surface area contributed by atoms with Crippen LogP contribution in [0, 0.1) is 0 Å². The summed E-state index contributed by atoms with van der Waals surface area (Å²) in [5.74, 6) is 0.0933. The fourth-order valence-corrected chi connectivity index (χ4v) is 4.14. The second kappa shape index (κ2) is 6.73. The molecule has 6 heteroatoms. The van der Waals surface area contributed by atoms with E-state index < -0.39 is 0 Å². The first-order valence-corrected chi connectivity index (χ1v) is 9.25. The molecule has 1 fully saturated rings. The van der Waals surface area contributed by atoms with Gasteiger partial charge < -0.3 is 4.90 Å². The van der Waals surface area contributed by atoms with Crippen molar-refractivity contribution in [3.63, 3.8) is 0 Å². The molecule has 3 heterocycles. The fourth-order valence-electron chi connectivity index (χ4n) is 3.41. The van der Waals surface area contributed by atoms with Crippen LogP contribution < -0.4 is 0 Å². The number of aromatic nitrogens is 2. The fraction of sp³-hybridized carbons (Fsp3) is 0.389. The van der Waals surface area contributed by atoms with E-state index in [4.69, 9.17) is 4.63 Å². The predicted octanol–water partition coefficient (Wildman–Crippen LogP) is 3.91. The highest BCUT2D eigenvalue weighted by molar-refractivity contribution is 7.09. The standard InChI is InChI=1S/C18H19N3O2S/c22-18(13-6-9-16-17(12-13)20-23-19-16)21-10-2-1-4-14(21)7-8-15-5-3-11-24-15/h3,5-6,9,11-12,14H,1-2,4,7-8,10H2/t14-/m0/s1. The molecule has 0 unspecified atom stereocenters. The molecule has 3 aromatic rings. The minimum Gasteiger partial charge on any atom is -0.336 e. The van der Waals surface area contributed by atoms with Gasteiger partial charge in [0.25, 0.3) is 5.91 Å². The Morgan fingerprint density at radius 2 is 2.17 bits per heavy atom. The van der Waals surface area contributed by atoms with E-state index >= 15 is 0 Å². The van der Waals surface area contributed by atoms with E-state index in [0.29, 0.717) is 22.6 Å². The van der Waals surface area contributed by atoms with Crippen molar-refractivity contribution in [3.8, 4) is 0 Å². The van der Waals surface area contributed by atoms with Crippen molar-refractivity contribution in [2.45, 2.75) is 38.1 Å². The average Bonchev–Trinajstić information content (AvgIpc) is 3.30.